The third-order valence-electron chi connectivity index (χ3n) is 5.82. The second-order valence-electron chi connectivity index (χ2n) is 8.50. The highest BCUT2D eigenvalue weighted by atomic mass is 35.5. The Morgan fingerprint density at radius 2 is 1.97 bits per heavy atom. The van der Waals surface area contributed by atoms with Crippen LogP contribution in [-0.4, -0.2) is 28.8 Å². The van der Waals surface area contributed by atoms with E-state index in [1.807, 2.05) is 19.9 Å². The molecule has 5 nitrogen and oxygen atoms in total. The number of nitrogens with zero attached hydrogens (tertiary/aromatic N) is 1. The summed E-state index contributed by atoms with van der Waals surface area (Å²) in [7, 11) is 0. The van der Waals surface area contributed by atoms with Crippen LogP contribution in [0.3, 0.4) is 0 Å². The van der Waals surface area contributed by atoms with Gasteiger partial charge in [0.1, 0.15) is 17.3 Å². The number of benzene rings is 1. The lowest BCUT2D eigenvalue weighted by atomic mass is 9.38. The molecule has 1 N–H and O–H groups in total. The van der Waals surface area contributed by atoms with Crippen molar-refractivity contribution in [2.45, 2.75) is 45.1 Å². The Morgan fingerprint density at radius 3 is 2.62 bits per heavy atom. The normalized spacial score (nSPS) is 24.3. The molecular weight excluding hydrogens is 395 g/mol. The van der Waals surface area contributed by atoms with Gasteiger partial charge in [-0.3, -0.25) is 14.6 Å². The molecule has 0 unspecified atom stereocenters. The fraction of sp³-hybridized carbons (Fsp3) is 0.409. The van der Waals surface area contributed by atoms with Crippen LogP contribution in [-0.2, 0) is 4.79 Å². The largest absolute Gasteiger partial charge is 0.484 e. The molecule has 5 rings (SSSR count). The number of ether oxygens (including phenoxy) is 1. The van der Waals surface area contributed by atoms with Crippen molar-refractivity contribution < 1.29 is 18.7 Å². The van der Waals surface area contributed by atoms with Gasteiger partial charge in [0.25, 0.3) is 5.91 Å². The molecule has 0 spiro atoms. The summed E-state index contributed by atoms with van der Waals surface area (Å²) in [4.78, 5) is 29.1. The number of aryl methyl sites for hydroxylation is 2. The summed E-state index contributed by atoms with van der Waals surface area (Å²) < 4.78 is 18.7. The van der Waals surface area contributed by atoms with Crippen LogP contribution in [0.4, 0.5) is 4.39 Å². The molecule has 0 atom stereocenters. The number of ketones is 1. The molecule has 0 radical (unpaired) electrons. The molecule has 3 aliphatic rings. The van der Waals surface area contributed by atoms with Gasteiger partial charge >= 0.3 is 0 Å². The molecule has 1 amide bonds. The monoisotopic (exact) mass is 416 g/mol. The number of halogens is 2. The van der Waals surface area contributed by atoms with E-state index in [0.717, 1.165) is 36.5 Å². The number of nitrogens with one attached hydrogen (secondary N) is 1. The Labute approximate surface area is 173 Å². The van der Waals surface area contributed by atoms with E-state index in [-0.39, 0.29) is 40.0 Å². The van der Waals surface area contributed by atoms with Crippen molar-refractivity contribution in [2.75, 3.05) is 6.61 Å². The quantitative estimate of drug-likeness (QED) is 0.687. The van der Waals surface area contributed by atoms with Crippen LogP contribution in [0.15, 0.2) is 30.5 Å². The first-order chi connectivity index (χ1) is 13.7. The van der Waals surface area contributed by atoms with Crippen LogP contribution in [0.1, 0.15) is 47.3 Å². The number of hydrogen-bond acceptors (Lipinski definition) is 4. The molecule has 2 aromatic rings. The molecule has 0 aliphatic heterocycles. The fourth-order valence-electron chi connectivity index (χ4n) is 4.80. The Bertz CT molecular complexity index is 988. The maximum atomic E-state index is 13.4. The minimum atomic E-state index is -0.589. The number of carbonyl (C=O) groups is 2. The zero-order valence-electron chi connectivity index (χ0n) is 16.4. The third-order valence-corrected chi connectivity index (χ3v) is 6.13. The highest BCUT2D eigenvalue weighted by Gasteiger charge is 2.68. The van der Waals surface area contributed by atoms with E-state index < -0.39 is 5.82 Å². The smallest absolute Gasteiger partial charge is 0.258 e. The molecule has 152 valence electrons. The second-order valence-corrected chi connectivity index (χ2v) is 8.91. The van der Waals surface area contributed by atoms with Gasteiger partial charge in [0.15, 0.2) is 12.4 Å². The van der Waals surface area contributed by atoms with Gasteiger partial charge in [0, 0.05) is 24.2 Å². The van der Waals surface area contributed by atoms with Gasteiger partial charge < -0.3 is 10.1 Å². The molecule has 3 aliphatic carbocycles. The first kappa shape index (κ1) is 19.8. The maximum Gasteiger partial charge on any atom is 0.258 e. The molecule has 3 fully saturated rings. The summed E-state index contributed by atoms with van der Waals surface area (Å²) in [6.45, 7) is 3.67. The Morgan fingerprint density at radius 1 is 1.24 bits per heavy atom. The third kappa shape index (κ3) is 3.86. The number of rotatable bonds is 7. The van der Waals surface area contributed by atoms with Gasteiger partial charge in [-0.1, -0.05) is 17.7 Å². The molecule has 0 saturated heterocycles. The van der Waals surface area contributed by atoms with Gasteiger partial charge in [-0.2, -0.15) is 0 Å². The summed E-state index contributed by atoms with van der Waals surface area (Å²) in [6, 6.07) is 6.02. The average Bonchev–Trinajstić information content (AvgIpc) is 2.59. The first-order valence-electron chi connectivity index (χ1n) is 9.55. The van der Waals surface area contributed by atoms with E-state index in [4.69, 9.17) is 16.3 Å². The Hall–Kier alpha value is -2.47. The van der Waals surface area contributed by atoms with E-state index in [1.54, 1.807) is 6.20 Å². The second kappa shape index (κ2) is 7.10. The lowest BCUT2D eigenvalue weighted by Gasteiger charge is -2.70. The summed E-state index contributed by atoms with van der Waals surface area (Å²) >= 11 is 5.63. The van der Waals surface area contributed by atoms with E-state index in [2.05, 4.69) is 10.3 Å². The van der Waals surface area contributed by atoms with Crippen molar-refractivity contribution in [1.29, 1.82) is 0 Å². The van der Waals surface area contributed by atoms with Gasteiger partial charge in [0.05, 0.1) is 5.02 Å². The Balaban J connectivity index is 1.26. The van der Waals surface area contributed by atoms with Crippen molar-refractivity contribution in [1.82, 2.24) is 10.3 Å². The van der Waals surface area contributed by atoms with Crippen molar-refractivity contribution >= 4 is 23.3 Å². The van der Waals surface area contributed by atoms with Crippen LogP contribution in [0, 0.1) is 25.1 Å². The standard InChI is InChI=1S/C22H22ClFN2O3/c1-13-5-14(2)20(25-8-13)18(27)7-21-10-22(11-21,12-21)26-19(28)9-29-15-3-4-16(23)17(24)6-15/h3-6,8H,7,9-12H2,1-2H3,(H,26,28). The maximum absolute atomic E-state index is 13.4. The van der Waals surface area contributed by atoms with Crippen molar-refractivity contribution in [2.24, 2.45) is 5.41 Å². The zero-order chi connectivity index (χ0) is 20.8. The van der Waals surface area contributed by atoms with Gasteiger partial charge in [0.2, 0.25) is 0 Å². The average molecular weight is 417 g/mol. The van der Waals surface area contributed by atoms with Gasteiger partial charge in [-0.05, 0) is 61.8 Å². The molecule has 29 heavy (non-hydrogen) atoms. The van der Waals surface area contributed by atoms with E-state index in [1.165, 1.54) is 12.1 Å². The molecular formula is C22H22ClFN2O3. The van der Waals surface area contributed by atoms with Crippen molar-refractivity contribution in [3.8, 4) is 5.75 Å². The predicted octanol–water partition coefficient (Wildman–Crippen LogP) is 4.18. The number of hydrogen-bond donors (Lipinski definition) is 1. The lowest BCUT2D eigenvalue weighted by Crippen LogP contribution is -2.75. The van der Waals surface area contributed by atoms with E-state index >= 15 is 0 Å². The summed E-state index contributed by atoms with van der Waals surface area (Å²) in [5.74, 6) is -0.525. The molecule has 7 heteroatoms. The number of carbonyl (C=O) groups excluding carboxylic acids is 2. The minimum Gasteiger partial charge on any atom is -0.484 e. The molecule has 2 bridgehead atoms. The molecule has 1 heterocycles. The van der Waals surface area contributed by atoms with Crippen LogP contribution < -0.4 is 10.1 Å². The summed E-state index contributed by atoms with van der Waals surface area (Å²) in [6.07, 6.45) is 4.55. The SMILES string of the molecule is Cc1cnc(C(=O)CC23CC(NC(=O)COc4ccc(Cl)c(F)c4)(C2)C3)c(C)c1. The number of aromatic nitrogens is 1. The van der Waals surface area contributed by atoms with Crippen LogP contribution in [0.2, 0.25) is 5.02 Å². The summed E-state index contributed by atoms with van der Waals surface area (Å²) in [5, 5.41) is 3.01. The van der Waals surface area contributed by atoms with Gasteiger partial charge in [-0.25, -0.2) is 4.39 Å². The number of amides is 1. The van der Waals surface area contributed by atoms with E-state index in [9.17, 15) is 14.0 Å². The van der Waals surface area contributed by atoms with Crippen LogP contribution in [0.25, 0.3) is 0 Å². The number of pyridine rings is 1. The molecule has 3 saturated carbocycles. The fourth-order valence-corrected chi connectivity index (χ4v) is 4.91. The van der Waals surface area contributed by atoms with Crippen LogP contribution in [0.5, 0.6) is 5.75 Å². The van der Waals surface area contributed by atoms with Crippen molar-refractivity contribution in [3.63, 3.8) is 0 Å². The van der Waals surface area contributed by atoms with Gasteiger partial charge in [-0.15, -0.1) is 0 Å². The summed E-state index contributed by atoms with van der Waals surface area (Å²) in [5.41, 5.74) is 2.22. The van der Waals surface area contributed by atoms with Crippen LogP contribution >= 0.6 is 11.6 Å². The first-order valence-corrected chi connectivity index (χ1v) is 9.92. The highest BCUT2D eigenvalue weighted by molar-refractivity contribution is 6.30. The van der Waals surface area contributed by atoms with E-state index in [0.29, 0.717) is 12.1 Å². The molecule has 1 aromatic heterocycles. The number of Topliss-reactive ketones (excluding diaryl/α,β-unsaturated/α-hetero) is 1. The highest BCUT2D eigenvalue weighted by Crippen LogP contribution is 2.69. The van der Waals surface area contributed by atoms with Crippen molar-refractivity contribution in [3.05, 3.63) is 58.1 Å². The predicted molar refractivity (Wildman–Crippen MR) is 107 cm³/mol. The minimum absolute atomic E-state index is 0.00606. The topological polar surface area (TPSA) is 68.3 Å². The zero-order valence-corrected chi connectivity index (χ0v) is 17.1. The molecule has 1 aromatic carbocycles. The lowest BCUT2D eigenvalue weighted by molar-refractivity contribution is -0.164. The Kier molecular flexibility index (Phi) is 4.85.